The van der Waals surface area contributed by atoms with Crippen molar-refractivity contribution in [2.75, 3.05) is 37.6 Å². The fraction of sp³-hybridized carbons (Fsp3) is 0.353. The molecule has 24 heavy (non-hydrogen) atoms. The molecule has 0 bridgehead atoms. The number of hydrogen-bond acceptors (Lipinski definition) is 6. The molecule has 7 heteroatoms. The molecule has 4 rings (SSSR count). The molecule has 0 saturated carbocycles. The molecular weight excluding hydrogens is 306 g/mol. The highest BCUT2D eigenvalue weighted by Crippen LogP contribution is 2.22. The van der Waals surface area contributed by atoms with Crippen LogP contribution in [0, 0.1) is 0 Å². The van der Waals surface area contributed by atoms with Gasteiger partial charge in [0.1, 0.15) is 5.52 Å². The van der Waals surface area contributed by atoms with Gasteiger partial charge in [-0.1, -0.05) is 12.1 Å². The van der Waals surface area contributed by atoms with Crippen molar-refractivity contribution in [1.82, 2.24) is 19.7 Å². The molecule has 1 saturated heterocycles. The number of benzene rings is 1. The molecule has 3 aromatic rings. The van der Waals surface area contributed by atoms with Crippen LogP contribution in [0.15, 0.2) is 51.8 Å². The predicted molar refractivity (Wildman–Crippen MR) is 91.2 cm³/mol. The Hall–Kier alpha value is -2.67. The first kappa shape index (κ1) is 14.9. The molecule has 1 fully saturated rings. The molecule has 7 nitrogen and oxygen atoms in total. The summed E-state index contributed by atoms with van der Waals surface area (Å²) in [5.41, 5.74) is 1.66. The largest absolute Gasteiger partial charge is 0.423 e. The van der Waals surface area contributed by atoms with Crippen LogP contribution in [0.4, 0.5) is 6.01 Å². The predicted octanol–water partition coefficient (Wildman–Crippen LogP) is 1.21. The first-order chi connectivity index (χ1) is 11.8. The molecule has 1 aliphatic heterocycles. The number of anilines is 1. The van der Waals surface area contributed by atoms with Gasteiger partial charge in [0.15, 0.2) is 5.58 Å². The summed E-state index contributed by atoms with van der Waals surface area (Å²) in [5.74, 6) is 0. The number of hydrogen-bond donors (Lipinski definition) is 0. The number of piperazine rings is 1. The summed E-state index contributed by atoms with van der Waals surface area (Å²) >= 11 is 0. The third kappa shape index (κ3) is 3.03. The number of aromatic nitrogens is 3. The van der Waals surface area contributed by atoms with E-state index in [1.165, 1.54) is 10.7 Å². The monoisotopic (exact) mass is 325 g/mol. The molecule has 0 unspecified atom stereocenters. The molecular formula is C17H19N5O2. The molecule has 1 aromatic carbocycles. The number of fused-ring (bicyclic) bond motifs is 1. The van der Waals surface area contributed by atoms with Crippen LogP contribution in [0.25, 0.3) is 11.1 Å². The standard InChI is InChI=1S/C17H19N5O2/c23-16-6-3-7-18-22(16)13-10-20-8-11-21(12-9-20)17-19-14-4-1-2-5-15(14)24-17/h1-7H,8-13H2. The minimum Gasteiger partial charge on any atom is -0.423 e. The van der Waals surface area contributed by atoms with Crippen LogP contribution in [0.1, 0.15) is 0 Å². The smallest absolute Gasteiger partial charge is 0.298 e. The highest BCUT2D eigenvalue weighted by molar-refractivity contribution is 5.74. The van der Waals surface area contributed by atoms with E-state index in [4.69, 9.17) is 4.42 Å². The van der Waals surface area contributed by atoms with Crippen molar-refractivity contribution in [3.8, 4) is 0 Å². The zero-order valence-electron chi connectivity index (χ0n) is 13.3. The summed E-state index contributed by atoms with van der Waals surface area (Å²) in [5, 5.41) is 4.09. The maximum atomic E-state index is 11.7. The topological polar surface area (TPSA) is 67.4 Å². The fourth-order valence-electron chi connectivity index (χ4n) is 2.95. The van der Waals surface area contributed by atoms with Gasteiger partial charge in [-0.2, -0.15) is 10.1 Å². The lowest BCUT2D eigenvalue weighted by Gasteiger charge is -2.33. The van der Waals surface area contributed by atoms with Gasteiger partial charge in [-0.25, -0.2) is 4.68 Å². The molecule has 3 heterocycles. The van der Waals surface area contributed by atoms with E-state index in [2.05, 4.69) is 19.9 Å². The van der Waals surface area contributed by atoms with E-state index in [1.54, 1.807) is 12.3 Å². The van der Waals surface area contributed by atoms with Gasteiger partial charge in [-0.3, -0.25) is 9.69 Å². The Bertz CT molecular complexity index is 847. The normalized spacial score (nSPS) is 15.9. The van der Waals surface area contributed by atoms with Gasteiger partial charge in [0.25, 0.3) is 11.6 Å². The molecule has 2 aromatic heterocycles. The second kappa shape index (κ2) is 6.45. The highest BCUT2D eigenvalue weighted by atomic mass is 16.4. The van der Waals surface area contributed by atoms with Crippen LogP contribution < -0.4 is 10.5 Å². The van der Waals surface area contributed by atoms with Crippen molar-refractivity contribution < 1.29 is 4.42 Å². The lowest BCUT2D eigenvalue weighted by Crippen LogP contribution is -2.47. The van der Waals surface area contributed by atoms with E-state index in [0.29, 0.717) is 12.6 Å². The van der Waals surface area contributed by atoms with Crippen molar-refractivity contribution in [3.05, 3.63) is 52.9 Å². The summed E-state index contributed by atoms with van der Waals surface area (Å²) in [7, 11) is 0. The minimum absolute atomic E-state index is 0.0531. The number of para-hydroxylation sites is 2. The number of rotatable bonds is 4. The molecule has 0 amide bonds. The zero-order chi connectivity index (χ0) is 16.4. The lowest BCUT2D eigenvalue weighted by atomic mass is 10.3. The quantitative estimate of drug-likeness (QED) is 0.718. The number of nitrogens with zero attached hydrogens (tertiary/aromatic N) is 5. The average molecular weight is 325 g/mol. The second-order valence-corrected chi connectivity index (χ2v) is 5.88. The van der Waals surface area contributed by atoms with E-state index in [1.807, 2.05) is 24.3 Å². The molecule has 0 aliphatic carbocycles. The minimum atomic E-state index is -0.0531. The van der Waals surface area contributed by atoms with Gasteiger partial charge in [0.05, 0.1) is 6.54 Å². The molecule has 0 atom stereocenters. The van der Waals surface area contributed by atoms with E-state index < -0.39 is 0 Å². The zero-order valence-corrected chi connectivity index (χ0v) is 13.3. The van der Waals surface area contributed by atoms with Crippen molar-refractivity contribution in [2.24, 2.45) is 0 Å². The van der Waals surface area contributed by atoms with E-state index in [-0.39, 0.29) is 5.56 Å². The molecule has 0 N–H and O–H groups in total. The van der Waals surface area contributed by atoms with Crippen molar-refractivity contribution in [2.45, 2.75) is 6.54 Å². The van der Waals surface area contributed by atoms with Gasteiger partial charge < -0.3 is 9.32 Å². The number of oxazole rings is 1. The average Bonchev–Trinajstić information content (AvgIpc) is 3.06. The summed E-state index contributed by atoms with van der Waals surface area (Å²) < 4.78 is 7.34. The van der Waals surface area contributed by atoms with Crippen molar-refractivity contribution >= 4 is 17.1 Å². The van der Waals surface area contributed by atoms with Gasteiger partial charge >= 0.3 is 0 Å². The van der Waals surface area contributed by atoms with Crippen LogP contribution >= 0.6 is 0 Å². The third-order valence-electron chi connectivity index (χ3n) is 4.34. The molecule has 1 aliphatic rings. The summed E-state index contributed by atoms with van der Waals surface area (Å²) in [6.45, 7) is 5.00. The Kier molecular flexibility index (Phi) is 4.00. The maximum Gasteiger partial charge on any atom is 0.298 e. The summed E-state index contributed by atoms with van der Waals surface area (Å²) in [6, 6.07) is 11.7. The van der Waals surface area contributed by atoms with Crippen LogP contribution in [0.3, 0.4) is 0 Å². The molecule has 124 valence electrons. The Morgan fingerprint density at radius 1 is 1.00 bits per heavy atom. The van der Waals surface area contributed by atoms with Crippen LogP contribution in [0.5, 0.6) is 0 Å². The Morgan fingerprint density at radius 2 is 1.83 bits per heavy atom. The highest BCUT2D eigenvalue weighted by Gasteiger charge is 2.20. The molecule has 0 spiro atoms. The second-order valence-electron chi connectivity index (χ2n) is 5.88. The Morgan fingerprint density at radius 3 is 2.62 bits per heavy atom. The van der Waals surface area contributed by atoms with Crippen LogP contribution in [-0.2, 0) is 6.54 Å². The Labute approximate surface area is 139 Å². The third-order valence-corrected chi connectivity index (χ3v) is 4.34. The van der Waals surface area contributed by atoms with Crippen LogP contribution in [0.2, 0.25) is 0 Å². The molecule has 0 radical (unpaired) electrons. The Balaban J connectivity index is 1.35. The first-order valence-electron chi connectivity index (χ1n) is 8.15. The van der Waals surface area contributed by atoms with E-state index in [9.17, 15) is 4.79 Å². The SMILES string of the molecule is O=c1cccnn1CCN1CCN(c2nc3ccccc3o2)CC1. The van der Waals surface area contributed by atoms with Gasteiger partial charge in [0.2, 0.25) is 0 Å². The van der Waals surface area contributed by atoms with Gasteiger partial charge in [-0.05, 0) is 18.2 Å². The summed E-state index contributed by atoms with van der Waals surface area (Å²) in [4.78, 5) is 20.7. The fourth-order valence-corrected chi connectivity index (χ4v) is 2.95. The van der Waals surface area contributed by atoms with Gasteiger partial charge in [0, 0.05) is 45.0 Å². The van der Waals surface area contributed by atoms with E-state index >= 15 is 0 Å². The lowest BCUT2D eigenvalue weighted by molar-refractivity contribution is 0.239. The first-order valence-corrected chi connectivity index (χ1v) is 8.15. The maximum absolute atomic E-state index is 11.7. The van der Waals surface area contributed by atoms with Crippen molar-refractivity contribution in [1.29, 1.82) is 0 Å². The van der Waals surface area contributed by atoms with E-state index in [0.717, 1.165) is 43.8 Å². The van der Waals surface area contributed by atoms with Crippen LogP contribution in [-0.4, -0.2) is 52.4 Å². The van der Waals surface area contributed by atoms with Crippen molar-refractivity contribution in [3.63, 3.8) is 0 Å². The van der Waals surface area contributed by atoms with Gasteiger partial charge in [-0.15, -0.1) is 0 Å². The summed E-state index contributed by atoms with van der Waals surface area (Å²) in [6.07, 6.45) is 1.65.